The third-order valence-electron chi connectivity index (χ3n) is 20.3. The summed E-state index contributed by atoms with van der Waals surface area (Å²) in [6, 6.07) is 7.29. The Balaban J connectivity index is 0.000000321. The van der Waals surface area contributed by atoms with E-state index >= 15 is 9.59 Å². The fourth-order valence-corrected chi connectivity index (χ4v) is 14.4. The molecule has 4 fully saturated rings. The van der Waals surface area contributed by atoms with Gasteiger partial charge >= 0.3 is 0 Å². The number of carbonyl (C=O) groups is 6. The van der Waals surface area contributed by atoms with Crippen LogP contribution in [0.1, 0.15) is 199 Å². The van der Waals surface area contributed by atoms with Gasteiger partial charge in [-0.25, -0.2) is 0 Å². The molecular formula is C76H100O12. The van der Waals surface area contributed by atoms with Gasteiger partial charge in [-0.05, 0) is 231 Å². The maximum atomic E-state index is 15.2. The van der Waals surface area contributed by atoms with Crippen LogP contribution < -0.4 is 0 Å². The number of phenolic OH excluding ortho intramolecular Hbond substituents is 4. The average Bonchev–Trinajstić information content (AvgIpc) is 0.795. The molecule has 0 aliphatic heterocycles. The van der Waals surface area contributed by atoms with Crippen molar-refractivity contribution in [1.82, 2.24) is 0 Å². The molecule has 2 aromatic rings. The van der Waals surface area contributed by atoms with Gasteiger partial charge in [0.25, 0.3) is 0 Å². The molecule has 0 saturated heterocycles. The minimum atomic E-state index is -1.62. The third kappa shape index (κ3) is 13.3. The summed E-state index contributed by atoms with van der Waals surface area (Å²) < 4.78 is 0. The molecule has 6 N–H and O–H groups in total. The van der Waals surface area contributed by atoms with E-state index in [1.807, 2.05) is 123 Å². The van der Waals surface area contributed by atoms with E-state index in [9.17, 15) is 49.8 Å². The molecule has 2 aromatic carbocycles. The SMILES string of the molecule is C=C(C)CC[C@@H](C[C@@]12C[C@@H](CC=C(C)C)C(C)(C)[C@@](CC=C(C)C)(C(=O)C(=C(O)c3ccc(O)c(O)c3)C1=O)C2=O)C(=C)C.C=C(C)CC[C@H](C[C@]12C[C@H](CC=C(C)C)C(C)(C)[C@](CC=C(C)C)(C(=O)C(=C(O)c3ccc(O)c(O)c3)C1=O)C2=O)C(=C)C. The van der Waals surface area contributed by atoms with Crippen LogP contribution in [-0.4, -0.2) is 65.3 Å². The maximum Gasteiger partial charge on any atom is 0.184 e. The molecule has 6 rings (SSSR count). The van der Waals surface area contributed by atoms with Gasteiger partial charge in [0.05, 0.1) is 10.8 Å². The van der Waals surface area contributed by atoms with Crippen molar-refractivity contribution in [1.29, 1.82) is 0 Å². The molecule has 0 amide bonds. The molecule has 4 bridgehead atoms. The van der Waals surface area contributed by atoms with Gasteiger partial charge in [0.1, 0.15) is 33.5 Å². The lowest BCUT2D eigenvalue weighted by Gasteiger charge is -2.60. The largest absolute Gasteiger partial charge is 0.506 e. The summed E-state index contributed by atoms with van der Waals surface area (Å²) in [5.41, 5.74) is -1.17. The molecule has 4 aliphatic rings. The number of carbonyl (C=O) groups excluding carboxylic acids is 6. The molecule has 476 valence electrons. The Morgan fingerprint density at radius 1 is 0.477 bits per heavy atom. The van der Waals surface area contributed by atoms with Crippen molar-refractivity contribution in [3.8, 4) is 23.0 Å². The Hall–Kier alpha value is -7.34. The highest BCUT2D eigenvalue weighted by Crippen LogP contribution is 2.68. The van der Waals surface area contributed by atoms with E-state index in [1.165, 1.54) is 24.3 Å². The molecule has 4 aliphatic carbocycles. The van der Waals surface area contributed by atoms with E-state index in [0.29, 0.717) is 38.5 Å². The standard InChI is InChI=1S/2C38H50O6/c2*1-22(2)11-13-27(25(7)8)20-37-21-28(15-12-23(3)4)36(9,10)38(35(37)44,18-17-24(5)6)34(43)31(33(37)42)32(41)26-14-16-29(39)30(40)19-26/h2*12,14,16-17,19,27-28,39-41H,1,7,11,13,15,18,20-21H2,2-6,8-10H3/t2*27-,28+,37+,38-/m10/s1. The van der Waals surface area contributed by atoms with E-state index in [-0.39, 0.29) is 84.9 Å². The first-order valence-electron chi connectivity index (χ1n) is 31.0. The normalized spacial score (nSPS) is 26.1. The molecule has 4 saturated carbocycles. The monoisotopic (exact) mass is 1200 g/mol. The number of allylic oxidation sites excluding steroid dienone is 14. The lowest BCUT2D eigenvalue weighted by molar-refractivity contribution is -0.179. The molecule has 0 aromatic heterocycles. The van der Waals surface area contributed by atoms with Crippen LogP contribution in [0.25, 0.3) is 11.5 Å². The zero-order valence-electron chi connectivity index (χ0n) is 55.5. The van der Waals surface area contributed by atoms with Gasteiger partial charge in [0.15, 0.2) is 57.7 Å². The molecular weight excluding hydrogens is 1100 g/mol. The number of Topliss-reactive ketones (excluding diaryl/α,β-unsaturated/α-hetero) is 6. The number of benzene rings is 2. The number of aromatic hydroxyl groups is 4. The zero-order valence-corrected chi connectivity index (χ0v) is 55.5. The number of rotatable bonds is 22. The van der Waals surface area contributed by atoms with Crippen molar-refractivity contribution in [2.75, 3.05) is 0 Å². The number of hydrogen-bond donors (Lipinski definition) is 6. The second kappa shape index (κ2) is 27.2. The predicted molar refractivity (Wildman–Crippen MR) is 352 cm³/mol. The molecule has 0 radical (unpaired) electrons. The van der Waals surface area contributed by atoms with E-state index in [0.717, 1.165) is 56.7 Å². The fraction of sp³-hybridized carbons (Fsp3) is 0.500. The van der Waals surface area contributed by atoms with Gasteiger partial charge in [-0.1, -0.05) is 110 Å². The smallest absolute Gasteiger partial charge is 0.184 e. The van der Waals surface area contributed by atoms with Gasteiger partial charge in [-0.2, -0.15) is 0 Å². The Bertz CT molecular complexity index is 3180. The molecule has 88 heavy (non-hydrogen) atoms. The van der Waals surface area contributed by atoms with E-state index in [2.05, 4.69) is 38.5 Å². The van der Waals surface area contributed by atoms with Crippen LogP contribution >= 0.6 is 0 Å². The summed E-state index contributed by atoms with van der Waals surface area (Å²) in [5.74, 6) is -7.22. The second-order valence-corrected chi connectivity index (χ2v) is 28.5. The van der Waals surface area contributed by atoms with Crippen LogP contribution in [0, 0.1) is 56.2 Å². The first kappa shape index (κ1) is 71.4. The number of aliphatic hydroxyl groups excluding tert-OH is 2. The lowest BCUT2D eigenvalue weighted by Crippen LogP contribution is -2.69. The summed E-state index contributed by atoms with van der Waals surface area (Å²) in [4.78, 5) is 89.9. The number of fused-ring (bicyclic) bond motifs is 4. The topological polar surface area (TPSA) is 224 Å². The highest BCUT2D eigenvalue weighted by atomic mass is 16.3. The van der Waals surface area contributed by atoms with Crippen molar-refractivity contribution in [2.24, 2.45) is 56.2 Å². The van der Waals surface area contributed by atoms with Crippen LogP contribution in [0.15, 0.2) is 143 Å². The van der Waals surface area contributed by atoms with Gasteiger partial charge in [0.2, 0.25) is 0 Å². The first-order chi connectivity index (χ1) is 40.7. The van der Waals surface area contributed by atoms with Crippen LogP contribution in [0.4, 0.5) is 0 Å². The second-order valence-electron chi connectivity index (χ2n) is 28.5. The number of phenols is 4. The summed E-state index contributed by atoms with van der Waals surface area (Å²) in [6.45, 7) is 47.7. The van der Waals surface area contributed by atoms with Crippen LogP contribution in [0.3, 0.4) is 0 Å². The number of hydrogen-bond acceptors (Lipinski definition) is 12. The minimum Gasteiger partial charge on any atom is -0.506 e. The van der Waals surface area contributed by atoms with Crippen molar-refractivity contribution < 1.29 is 59.4 Å². The quantitative estimate of drug-likeness (QED) is 0.0162. The van der Waals surface area contributed by atoms with Crippen molar-refractivity contribution >= 4 is 46.2 Å². The van der Waals surface area contributed by atoms with E-state index < -0.39 is 101 Å². The molecule has 0 unspecified atom stereocenters. The van der Waals surface area contributed by atoms with E-state index in [1.54, 1.807) is 0 Å². The molecule has 0 heterocycles. The molecule has 12 nitrogen and oxygen atoms in total. The molecule has 12 heteroatoms. The van der Waals surface area contributed by atoms with Crippen LogP contribution in [0.2, 0.25) is 0 Å². The lowest BCUT2D eigenvalue weighted by atomic mass is 9.38. The summed E-state index contributed by atoms with van der Waals surface area (Å²) in [5, 5.41) is 63.5. The average molecular weight is 1210 g/mol. The Morgan fingerprint density at radius 3 is 1.05 bits per heavy atom. The maximum absolute atomic E-state index is 15.2. The van der Waals surface area contributed by atoms with Gasteiger partial charge in [0, 0.05) is 11.1 Å². The minimum absolute atomic E-state index is 0.00886. The Kier molecular flexibility index (Phi) is 22.1. The Morgan fingerprint density at radius 2 is 0.784 bits per heavy atom. The zero-order chi connectivity index (χ0) is 66.7. The van der Waals surface area contributed by atoms with Gasteiger partial charge < -0.3 is 30.6 Å². The summed E-state index contributed by atoms with van der Waals surface area (Å²) in [7, 11) is 0. The van der Waals surface area contributed by atoms with E-state index in [4.69, 9.17) is 0 Å². The first-order valence-corrected chi connectivity index (χ1v) is 31.0. The Labute approximate surface area is 524 Å². The molecule has 8 atom stereocenters. The highest BCUT2D eigenvalue weighted by Gasteiger charge is 2.75. The van der Waals surface area contributed by atoms with Gasteiger partial charge in [-0.15, -0.1) is 13.2 Å². The highest BCUT2D eigenvalue weighted by molar-refractivity contribution is 6.42. The predicted octanol–water partition coefficient (Wildman–Crippen LogP) is 17.5. The summed E-state index contributed by atoms with van der Waals surface area (Å²) in [6.07, 6.45) is 12.9. The molecule has 0 spiro atoms. The van der Waals surface area contributed by atoms with Crippen LogP contribution in [-0.2, 0) is 28.8 Å². The number of aliphatic hydroxyl groups is 2. The van der Waals surface area contributed by atoms with Crippen molar-refractivity contribution in [3.63, 3.8) is 0 Å². The summed E-state index contributed by atoms with van der Waals surface area (Å²) >= 11 is 0. The third-order valence-corrected chi connectivity index (χ3v) is 20.3. The van der Waals surface area contributed by atoms with Gasteiger partial charge in [-0.3, -0.25) is 28.8 Å². The number of ketones is 6. The van der Waals surface area contributed by atoms with Crippen molar-refractivity contribution in [3.05, 3.63) is 154 Å². The van der Waals surface area contributed by atoms with Crippen LogP contribution in [0.5, 0.6) is 23.0 Å². The fourth-order valence-electron chi connectivity index (χ4n) is 14.4. The van der Waals surface area contributed by atoms with Crippen molar-refractivity contribution in [2.45, 2.75) is 188 Å².